The fourth-order valence-electron chi connectivity index (χ4n) is 2.92. The number of fused-ring (bicyclic) bond motifs is 2. The Morgan fingerprint density at radius 1 is 1.06 bits per heavy atom. The van der Waals surface area contributed by atoms with Crippen molar-refractivity contribution < 1.29 is 19.3 Å². The first kappa shape index (κ1) is 10.9. The highest BCUT2D eigenvalue weighted by molar-refractivity contribution is 5.17. The minimum atomic E-state index is -0.413. The molecule has 18 heavy (non-hydrogen) atoms. The van der Waals surface area contributed by atoms with Gasteiger partial charge in [-0.15, -0.1) is 0 Å². The zero-order chi connectivity index (χ0) is 12.1. The maximum absolute atomic E-state index is 10.2. The maximum atomic E-state index is 10.2. The van der Waals surface area contributed by atoms with Crippen LogP contribution in [0.5, 0.6) is 0 Å². The second-order valence-corrected chi connectivity index (χ2v) is 5.28. The van der Waals surface area contributed by atoms with E-state index in [1.807, 2.05) is 30.3 Å². The van der Waals surface area contributed by atoms with Crippen LogP contribution in [0.1, 0.15) is 18.3 Å². The molecule has 0 unspecified atom stereocenters. The highest BCUT2D eigenvalue weighted by Crippen LogP contribution is 2.47. The predicted molar refractivity (Wildman–Crippen MR) is 62.8 cm³/mol. The molecule has 1 aromatic rings. The lowest BCUT2D eigenvalue weighted by atomic mass is 10.0. The van der Waals surface area contributed by atoms with Gasteiger partial charge in [-0.3, -0.25) is 0 Å². The van der Waals surface area contributed by atoms with Gasteiger partial charge < -0.3 is 19.3 Å². The van der Waals surface area contributed by atoms with Crippen LogP contribution >= 0.6 is 0 Å². The zero-order valence-corrected chi connectivity index (χ0v) is 9.94. The summed E-state index contributed by atoms with van der Waals surface area (Å²) in [6.07, 6.45) is -0.00364. The van der Waals surface area contributed by atoms with Crippen LogP contribution in [0.2, 0.25) is 0 Å². The van der Waals surface area contributed by atoms with E-state index in [0.717, 1.165) is 12.0 Å². The second-order valence-electron chi connectivity index (χ2n) is 5.28. The molecule has 0 spiro atoms. The van der Waals surface area contributed by atoms with Gasteiger partial charge in [0, 0.05) is 11.5 Å². The second kappa shape index (κ2) is 4.03. The Morgan fingerprint density at radius 3 is 2.72 bits per heavy atom. The predicted octanol–water partition coefficient (Wildman–Crippen LogP) is 1.25. The molecule has 1 aliphatic carbocycles. The van der Waals surface area contributed by atoms with Gasteiger partial charge in [0.1, 0.15) is 12.2 Å². The molecule has 2 saturated heterocycles. The zero-order valence-electron chi connectivity index (χ0n) is 9.94. The number of benzene rings is 1. The van der Waals surface area contributed by atoms with Crippen molar-refractivity contribution in [3.05, 3.63) is 35.9 Å². The monoisotopic (exact) mass is 248 g/mol. The molecule has 2 aliphatic heterocycles. The van der Waals surface area contributed by atoms with Crippen LogP contribution in [0.15, 0.2) is 30.3 Å². The maximum Gasteiger partial charge on any atom is 0.184 e. The minimum Gasteiger partial charge on any atom is -0.390 e. The lowest BCUT2D eigenvalue weighted by molar-refractivity contribution is -0.300. The lowest BCUT2D eigenvalue weighted by Crippen LogP contribution is -2.53. The summed E-state index contributed by atoms with van der Waals surface area (Å²) in [7, 11) is 0. The number of rotatable bonds is 1. The Balaban J connectivity index is 1.54. The van der Waals surface area contributed by atoms with Crippen molar-refractivity contribution in [3.8, 4) is 0 Å². The van der Waals surface area contributed by atoms with E-state index in [-0.39, 0.29) is 30.5 Å². The quantitative estimate of drug-likeness (QED) is 0.812. The van der Waals surface area contributed by atoms with Crippen LogP contribution < -0.4 is 0 Å². The largest absolute Gasteiger partial charge is 0.390 e. The number of aliphatic hydroxyl groups excluding tert-OH is 1. The molecule has 1 N–H and O–H groups in total. The third kappa shape index (κ3) is 1.68. The van der Waals surface area contributed by atoms with Crippen molar-refractivity contribution in [2.24, 2.45) is 5.92 Å². The van der Waals surface area contributed by atoms with Crippen molar-refractivity contribution in [2.45, 2.75) is 37.1 Å². The van der Waals surface area contributed by atoms with Gasteiger partial charge >= 0.3 is 0 Å². The van der Waals surface area contributed by atoms with Crippen LogP contribution in [0, 0.1) is 5.92 Å². The van der Waals surface area contributed by atoms with Gasteiger partial charge in [0.25, 0.3) is 0 Å². The Kier molecular flexibility index (Phi) is 2.45. The lowest BCUT2D eigenvalue weighted by Gasteiger charge is -2.41. The summed E-state index contributed by atoms with van der Waals surface area (Å²) in [5, 5.41) is 10.2. The molecule has 4 heteroatoms. The van der Waals surface area contributed by atoms with Crippen LogP contribution in [0.3, 0.4) is 0 Å². The Labute approximate surface area is 105 Å². The molecule has 6 atom stereocenters. The topological polar surface area (TPSA) is 47.9 Å². The van der Waals surface area contributed by atoms with Gasteiger partial charge in [-0.2, -0.15) is 0 Å². The van der Waals surface area contributed by atoms with Gasteiger partial charge in [-0.05, 0) is 6.42 Å². The summed E-state index contributed by atoms with van der Waals surface area (Å²) in [5.74, 6) is 0.265. The Hall–Kier alpha value is -0.940. The van der Waals surface area contributed by atoms with Crippen LogP contribution in [0.4, 0.5) is 0 Å². The van der Waals surface area contributed by atoms with Gasteiger partial charge in [0.15, 0.2) is 6.29 Å². The average molecular weight is 248 g/mol. The van der Waals surface area contributed by atoms with E-state index in [1.54, 1.807) is 0 Å². The van der Waals surface area contributed by atoms with E-state index < -0.39 is 6.10 Å². The van der Waals surface area contributed by atoms with E-state index in [9.17, 15) is 5.11 Å². The molecule has 3 aliphatic rings. The van der Waals surface area contributed by atoms with E-state index in [1.165, 1.54) is 0 Å². The average Bonchev–Trinajstić information content (AvgIpc) is 3.19. The molecule has 96 valence electrons. The third-order valence-corrected chi connectivity index (χ3v) is 4.03. The van der Waals surface area contributed by atoms with Crippen molar-refractivity contribution in [2.75, 3.05) is 6.61 Å². The summed E-state index contributed by atoms with van der Waals surface area (Å²) in [5.41, 5.74) is 0.987. The van der Waals surface area contributed by atoms with Gasteiger partial charge in [0.05, 0.1) is 18.8 Å². The summed E-state index contributed by atoms with van der Waals surface area (Å²) >= 11 is 0. The smallest absolute Gasteiger partial charge is 0.184 e. The molecule has 4 rings (SSSR count). The molecule has 1 saturated carbocycles. The molecule has 3 fully saturated rings. The van der Waals surface area contributed by atoms with Crippen molar-refractivity contribution in [1.29, 1.82) is 0 Å². The highest BCUT2D eigenvalue weighted by Gasteiger charge is 2.56. The van der Waals surface area contributed by atoms with Gasteiger partial charge in [0.2, 0.25) is 0 Å². The first-order valence-electron chi connectivity index (χ1n) is 6.48. The van der Waals surface area contributed by atoms with Crippen molar-refractivity contribution >= 4 is 0 Å². The van der Waals surface area contributed by atoms with Crippen molar-refractivity contribution in [1.82, 2.24) is 0 Å². The SMILES string of the molecule is O[C@@H]1[C@@H]2C[C@@H]2O[C@@H]2CO[C@H](c3ccccc3)O[C@@H]12. The number of ether oxygens (including phenoxy) is 3. The normalized spacial score (nSPS) is 46.1. The van der Waals surface area contributed by atoms with E-state index in [2.05, 4.69) is 0 Å². The Morgan fingerprint density at radius 2 is 1.89 bits per heavy atom. The first-order valence-corrected chi connectivity index (χ1v) is 6.48. The van der Waals surface area contributed by atoms with E-state index in [0.29, 0.717) is 6.61 Å². The molecule has 0 radical (unpaired) electrons. The summed E-state index contributed by atoms with van der Waals surface area (Å²) in [6, 6.07) is 9.82. The highest BCUT2D eigenvalue weighted by atomic mass is 16.7. The fraction of sp³-hybridized carbons (Fsp3) is 0.571. The number of aliphatic hydroxyl groups is 1. The molecule has 4 nitrogen and oxygen atoms in total. The summed E-state index contributed by atoms with van der Waals surface area (Å²) in [4.78, 5) is 0. The van der Waals surface area contributed by atoms with Crippen molar-refractivity contribution in [3.63, 3.8) is 0 Å². The summed E-state index contributed by atoms with van der Waals surface area (Å²) in [6.45, 7) is 0.491. The summed E-state index contributed by atoms with van der Waals surface area (Å²) < 4.78 is 17.4. The molecule has 0 aromatic heterocycles. The third-order valence-electron chi connectivity index (χ3n) is 4.03. The van der Waals surface area contributed by atoms with E-state index in [4.69, 9.17) is 14.2 Å². The molecule has 0 bridgehead atoms. The number of hydrogen-bond donors (Lipinski definition) is 1. The van der Waals surface area contributed by atoms with Crippen LogP contribution in [-0.4, -0.2) is 36.1 Å². The van der Waals surface area contributed by atoms with E-state index >= 15 is 0 Å². The molecule has 2 heterocycles. The molecular weight excluding hydrogens is 232 g/mol. The van der Waals surface area contributed by atoms with Crippen LogP contribution in [-0.2, 0) is 14.2 Å². The fourth-order valence-corrected chi connectivity index (χ4v) is 2.92. The molecule has 1 aromatic carbocycles. The van der Waals surface area contributed by atoms with Gasteiger partial charge in [-0.25, -0.2) is 0 Å². The van der Waals surface area contributed by atoms with Crippen LogP contribution in [0.25, 0.3) is 0 Å². The number of hydrogen-bond acceptors (Lipinski definition) is 4. The van der Waals surface area contributed by atoms with Gasteiger partial charge in [-0.1, -0.05) is 30.3 Å². The molecule has 0 amide bonds. The molecular formula is C14H16O4. The minimum absolute atomic E-state index is 0.122. The standard InChI is InChI=1S/C14H16O4/c15-12-9-6-10(9)17-11-7-16-14(18-13(11)12)8-4-2-1-3-5-8/h1-5,9-15H,6-7H2/t9-,10+,11-,12-,13-,14+/m1/s1. The first-order chi connectivity index (χ1) is 8.83. The Bertz CT molecular complexity index is 435.